The number of nitrogens with zero attached hydrogens (tertiary/aromatic N) is 1. The van der Waals surface area contributed by atoms with Gasteiger partial charge >= 0.3 is 6.03 Å². The fourth-order valence-electron chi connectivity index (χ4n) is 2.59. The van der Waals surface area contributed by atoms with Gasteiger partial charge in [0.2, 0.25) is 0 Å². The zero-order chi connectivity index (χ0) is 16.2. The number of hydrogen-bond donors (Lipinski definition) is 1. The van der Waals surface area contributed by atoms with Gasteiger partial charge in [0.25, 0.3) is 0 Å². The van der Waals surface area contributed by atoms with Crippen LogP contribution in [0.4, 0.5) is 4.79 Å². The number of carbonyl (C=O) groups excluding carboxylic acids is 1. The average Bonchev–Trinajstić information content (AvgIpc) is 2.55. The molecule has 2 amide bonds. The van der Waals surface area contributed by atoms with Crippen molar-refractivity contribution in [3.05, 3.63) is 24.3 Å². The highest BCUT2D eigenvalue weighted by molar-refractivity contribution is 7.92. The van der Waals surface area contributed by atoms with Crippen LogP contribution >= 0.6 is 0 Å². The van der Waals surface area contributed by atoms with E-state index in [-0.39, 0.29) is 6.03 Å². The Kier molecular flexibility index (Phi) is 5.28. The van der Waals surface area contributed by atoms with Crippen LogP contribution in [-0.2, 0) is 9.84 Å². The van der Waals surface area contributed by atoms with E-state index in [0.717, 1.165) is 0 Å². The molecule has 0 aliphatic carbocycles. The monoisotopic (exact) mass is 326 g/mol. The summed E-state index contributed by atoms with van der Waals surface area (Å²) >= 11 is 0. The van der Waals surface area contributed by atoms with Crippen LogP contribution < -0.4 is 10.1 Å². The SMILES string of the molecule is CCNC(=O)N1CCC(S(=O)(=O)c2ccc(OC)cc2)CC1. The second-order valence-electron chi connectivity index (χ2n) is 5.24. The van der Waals surface area contributed by atoms with Gasteiger partial charge in [-0.05, 0) is 44.0 Å². The van der Waals surface area contributed by atoms with Gasteiger partial charge in [0.1, 0.15) is 5.75 Å². The number of nitrogens with one attached hydrogen (secondary N) is 1. The minimum atomic E-state index is -3.36. The first-order valence-corrected chi connectivity index (χ1v) is 8.94. The summed E-state index contributed by atoms with van der Waals surface area (Å²) in [4.78, 5) is 13.7. The zero-order valence-electron chi connectivity index (χ0n) is 12.9. The maximum Gasteiger partial charge on any atom is 0.317 e. The predicted octanol–water partition coefficient (Wildman–Crippen LogP) is 1.66. The smallest absolute Gasteiger partial charge is 0.317 e. The van der Waals surface area contributed by atoms with Crippen molar-refractivity contribution < 1.29 is 17.9 Å². The third-order valence-corrected chi connectivity index (χ3v) is 6.16. The lowest BCUT2D eigenvalue weighted by Gasteiger charge is -2.31. The molecule has 1 fully saturated rings. The molecule has 22 heavy (non-hydrogen) atoms. The van der Waals surface area contributed by atoms with Gasteiger partial charge in [-0.25, -0.2) is 13.2 Å². The number of carbonyl (C=O) groups is 1. The van der Waals surface area contributed by atoms with Crippen molar-refractivity contribution in [3.63, 3.8) is 0 Å². The summed E-state index contributed by atoms with van der Waals surface area (Å²) < 4.78 is 30.3. The normalized spacial score (nSPS) is 16.4. The molecular formula is C15H22N2O4S. The minimum Gasteiger partial charge on any atom is -0.497 e. The number of hydrogen-bond acceptors (Lipinski definition) is 4. The molecule has 0 unspecified atom stereocenters. The molecule has 0 radical (unpaired) electrons. The molecule has 6 nitrogen and oxygen atoms in total. The zero-order valence-corrected chi connectivity index (χ0v) is 13.7. The fraction of sp³-hybridized carbons (Fsp3) is 0.533. The van der Waals surface area contributed by atoms with Crippen LogP contribution in [0, 0.1) is 0 Å². The van der Waals surface area contributed by atoms with Gasteiger partial charge in [-0.15, -0.1) is 0 Å². The summed E-state index contributed by atoms with van der Waals surface area (Å²) in [5.74, 6) is 0.630. The molecule has 1 heterocycles. The van der Waals surface area contributed by atoms with Gasteiger partial charge in [0.05, 0.1) is 17.3 Å². The Morgan fingerprint density at radius 2 is 1.86 bits per heavy atom. The highest BCUT2D eigenvalue weighted by Gasteiger charge is 2.32. The number of piperidine rings is 1. The van der Waals surface area contributed by atoms with E-state index in [0.29, 0.717) is 43.1 Å². The molecule has 1 aliphatic heterocycles. The topological polar surface area (TPSA) is 75.7 Å². The van der Waals surface area contributed by atoms with Crippen LogP contribution in [0.1, 0.15) is 19.8 Å². The van der Waals surface area contributed by atoms with Crippen LogP contribution in [0.5, 0.6) is 5.75 Å². The van der Waals surface area contributed by atoms with Crippen molar-refractivity contribution in [2.75, 3.05) is 26.7 Å². The Morgan fingerprint density at radius 1 is 1.27 bits per heavy atom. The lowest BCUT2D eigenvalue weighted by Crippen LogP contribution is -2.46. The third-order valence-electron chi connectivity index (χ3n) is 3.88. The predicted molar refractivity (Wildman–Crippen MR) is 83.8 cm³/mol. The van der Waals surface area contributed by atoms with Crippen LogP contribution in [0.2, 0.25) is 0 Å². The molecule has 1 N–H and O–H groups in total. The molecule has 1 aliphatic rings. The fourth-order valence-corrected chi connectivity index (χ4v) is 4.32. The number of rotatable bonds is 4. The Labute approximate surface area is 131 Å². The Balaban J connectivity index is 2.04. The molecule has 1 saturated heterocycles. The van der Waals surface area contributed by atoms with Crippen molar-refractivity contribution in [2.24, 2.45) is 0 Å². The number of urea groups is 1. The molecule has 0 spiro atoms. The Morgan fingerprint density at radius 3 is 2.36 bits per heavy atom. The van der Waals surface area contributed by atoms with Crippen molar-refractivity contribution in [1.29, 1.82) is 0 Å². The van der Waals surface area contributed by atoms with E-state index < -0.39 is 15.1 Å². The largest absolute Gasteiger partial charge is 0.497 e. The second-order valence-corrected chi connectivity index (χ2v) is 7.47. The minimum absolute atomic E-state index is 0.122. The molecule has 1 aromatic carbocycles. The van der Waals surface area contributed by atoms with Gasteiger partial charge in [-0.1, -0.05) is 0 Å². The van der Waals surface area contributed by atoms with Gasteiger partial charge < -0.3 is 15.0 Å². The number of amides is 2. The van der Waals surface area contributed by atoms with Gasteiger partial charge in [-0.3, -0.25) is 0 Å². The summed E-state index contributed by atoms with van der Waals surface area (Å²) in [6, 6.07) is 6.32. The second kappa shape index (κ2) is 7.00. The Bertz CT molecular complexity index is 605. The van der Waals surface area contributed by atoms with Gasteiger partial charge in [0.15, 0.2) is 9.84 Å². The molecule has 1 aromatic rings. The summed E-state index contributed by atoms with van der Waals surface area (Å²) in [5.41, 5.74) is 0. The first-order valence-electron chi connectivity index (χ1n) is 7.39. The quantitative estimate of drug-likeness (QED) is 0.913. The summed E-state index contributed by atoms with van der Waals surface area (Å²) in [6.07, 6.45) is 0.928. The first-order chi connectivity index (χ1) is 10.5. The van der Waals surface area contributed by atoms with Crippen molar-refractivity contribution in [2.45, 2.75) is 29.9 Å². The van der Waals surface area contributed by atoms with E-state index in [1.165, 1.54) is 0 Å². The molecule has 7 heteroatoms. The molecule has 0 aromatic heterocycles. The highest BCUT2D eigenvalue weighted by Crippen LogP contribution is 2.26. The van der Waals surface area contributed by atoms with Crippen molar-refractivity contribution in [1.82, 2.24) is 10.2 Å². The van der Waals surface area contributed by atoms with E-state index in [9.17, 15) is 13.2 Å². The molecule has 0 saturated carbocycles. The van der Waals surface area contributed by atoms with Crippen LogP contribution in [0.15, 0.2) is 29.2 Å². The van der Waals surface area contributed by atoms with E-state index >= 15 is 0 Å². The molecule has 0 atom stereocenters. The number of ether oxygens (including phenoxy) is 1. The lowest BCUT2D eigenvalue weighted by atomic mass is 10.1. The van der Waals surface area contributed by atoms with Gasteiger partial charge in [-0.2, -0.15) is 0 Å². The standard InChI is InChI=1S/C15H22N2O4S/c1-3-16-15(18)17-10-8-14(9-11-17)22(19,20)13-6-4-12(21-2)5-7-13/h4-7,14H,3,8-11H2,1-2H3,(H,16,18). The van der Waals surface area contributed by atoms with E-state index in [4.69, 9.17) is 4.74 Å². The molecular weight excluding hydrogens is 304 g/mol. The molecule has 2 rings (SSSR count). The number of sulfone groups is 1. The summed E-state index contributed by atoms with van der Waals surface area (Å²) in [6.45, 7) is 3.36. The maximum atomic E-state index is 12.6. The molecule has 0 bridgehead atoms. The third kappa shape index (κ3) is 3.52. The Hall–Kier alpha value is -1.76. The van der Waals surface area contributed by atoms with E-state index in [1.54, 1.807) is 36.3 Å². The van der Waals surface area contributed by atoms with Crippen molar-refractivity contribution in [3.8, 4) is 5.75 Å². The first kappa shape index (κ1) is 16.6. The summed E-state index contributed by atoms with van der Waals surface area (Å²) in [5, 5.41) is 2.30. The van der Waals surface area contributed by atoms with Gasteiger partial charge in [0, 0.05) is 19.6 Å². The maximum absolute atomic E-state index is 12.6. The van der Waals surface area contributed by atoms with Crippen LogP contribution in [-0.4, -0.2) is 51.3 Å². The van der Waals surface area contributed by atoms with E-state index in [2.05, 4.69) is 5.32 Å². The number of likely N-dealkylation sites (tertiary alicyclic amines) is 1. The van der Waals surface area contributed by atoms with E-state index in [1.807, 2.05) is 6.92 Å². The van der Waals surface area contributed by atoms with Crippen LogP contribution in [0.25, 0.3) is 0 Å². The summed E-state index contributed by atoms with van der Waals surface area (Å²) in [7, 11) is -1.82. The highest BCUT2D eigenvalue weighted by atomic mass is 32.2. The number of benzene rings is 1. The lowest BCUT2D eigenvalue weighted by molar-refractivity contribution is 0.187. The van der Waals surface area contributed by atoms with Crippen molar-refractivity contribution >= 4 is 15.9 Å². The van der Waals surface area contributed by atoms with Crippen LogP contribution in [0.3, 0.4) is 0 Å². The average molecular weight is 326 g/mol. The number of methoxy groups -OCH3 is 1. The molecule has 122 valence electrons.